The molecule has 0 aromatic carbocycles. The van der Waals surface area contributed by atoms with Crippen LogP contribution >= 0.6 is 0 Å². The molecule has 0 amide bonds. The molecule has 0 saturated heterocycles. The Bertz CT molecular complexity index is 195. The van der Waals surface area contributed by atoms with Gasteiger partial charge in [0, 0.05) is 18.1 Å². The molecule has 2 saturated carbocycles. The smallest absolute Gasteiger partial charge is 0.00950 e. The largest absolute Gasteiger partial charge is 0.314 e. The van der Waals surface area contributed by atoms with Crippen molar-refractivity contribution in [2.75, 3.05) is 13.6 Å². The summed E-state index contributed by atoms with van der Waals surface area (Å²) in [6, 6.07) is 2.48. The summed E-state index contributed by atoms with van der Waals surface area (Å²) >= 11 is 0. The fraction of sp³-hybridized carbons (Fsp3) is 1.00. The second-order valence-corrected chi connectivity index (χ2v) is 5.82. The Labute approximate surface area is 101 Å². The molecular weight excluding hydrogens is 196 g/mol. The maximum Gasteiger partial charge on any atom is 0.00950 e. The quantitative estimate of drug-likeness (QED) is 0.746. The summed E-state index contributed by atoms with van der Waals surface area (Å²) in [6.45, 7) is 3.60. The summed E-state index contributed by atoms with van der Waals surface area (Å²) in [5.74, 6) is 0. The van der Waals surface area contributed by atoms with Crippen LogP contribution < -0.4 is 5.32 Å². The summed E-state index contributed by atoms with van der Waals surface area (Å²) in [5.41, 5.74) is 0. The minimum absolute atomic E-state index is 0.745. The van der Waals surface area contributed by atoms with Gasteiger partial charge in [0.25, 0.3) is 0 Å². The summed E-state index contributed by atoms with van der Waals surface area (Å²) in [4.78, 5) is 2.63. The lowest BCUT2D eigenvalue weighted by Crippen LogP contribution is -2.41. The van der Waals surface area contributed by atoms with Crippen LogP contribution in [0.4, 0.5) is 0 Å². The second-order valence-electron chi connectivity index (χ2n) is 5.82. The average Bonchev–Trinajstić information content (AvgIpc) is 3.13. The van der Waals surface area contributed by atoms with Gasteiger partial charge >= 0.3 is 0 Å². The molecule has 0 aliphatic heterocycles. The highest BCUT2D eigenvalue weighted by Crippen LogP contribution is 2.24. The SMILES string of the molecule is CC(CCNC1CC1)N(C)C1CCCCC1. The van der Waals surface area contributed by atoms with Gasteiger partial charge in [0.15, 0.2) is 0 Å². The van der Waals surface area contributed by atoms with Gasteiger partial charge in [-0.2, -0.15) is 0 Å². The van der Waals surface area contributed by atoms with Crippen molar-refractivity contribution < 1.29 is 0 Å². The molecule has 2 aliphatic rings. The van der Waals surface area contributed by atoms with Gasteiger partial charge in [-0.05, 0) is 52.6 Å². The van der Waals surface area contributed by atoms with Crippen LogP contribution in [0, 0.1) is 0 Å². The fourth-order valence-corrected chi connectivity index (χ4v) is 2.84. The molecule has 0 aromatic rings. The molecule has 0 heterocycles. The van der Waals surface area contributed by atoms with E-state index < -0.39 is 0 Å². The highest BCUT2D eigenvalue weighted by molar-refractivity contribution is 4.82. The number of nitrogens with zero attached hydrogens (tertiary/aromatic N) is 1. The molecule has 2 heteroatoms. The van der Waals surface area contributed by atoms with E-state index >= 15 is 0 Å². The molecule has 2 rings (SSSR count). The molecular formula is C14H28N2. The van der Waals surface area contributed by atoms with E-state index in [1.807, 2.05) is 0 Å². The Morgan fingerprint density at radius 1 is 1.12 bits per heavy atom. The van der Waals surface area contributed by atoms with Gasteiger partial charge in [0.2, 0.25) is 0 Å². The van der Waals surface area contributed by atoms with Crippen molar-refractivity contribution in [3.05, 3.63) is 0 Å². The first kappa shape index (κ1) is 12.4. The topological polar surface area (TPSA) is 15.3 Å². The second kappa shape index (κ2) is 6.02. The molecule has 0 bridgehead atoms. The van der Waals surface area contributed by atoms with E-state index in [4.69, 9.17) is 0 Å². The van der Waals surface area contributed by atoms with Crippen molar-refractivity contribution in [3.8, 4) is 0 Å². The Balaban J connectivity index is 1.63. The van der Waals surface area contributed by atoms with Crippen LogP contribution in [0.5, 0.6) is 0 Å². The molecule has 1 unspecified atom stereocenters. The highest BCUT2D eigenvalue weighted by atomic mass is 15.2. The number of nitrogens with one attached hydrogen (secondary N) is 1. The third kappa shape index (κ3) is 3.74. The van der Waals surface area contributed by atoms with Crippen molar-refractivity contribution >= 4 is 0 Å². The molecule has 1 N–H and O–H groups in total. The Hall–Kier alpha value is -0.0800. The van der Waals surface area contributed by atoms with Crippen LogP contribution in [0.2, 0.25) is 0 Å². The van der Waals surface area contributed by atoms with Gasteiger partial charge in [0.1, 0.15) is 0 Å². The maximum absolute atomic E-state index is 3.62. The first-order chi connectivity index (χ1) is 7.77. The lowest BCUT2D eigenvalue weighted by Gasteiger charge is -2.35. The zero-order valence-electron chi connectivity index (χ0n) is 11.0. The Morgan fingerprint density at radius 3 is 2.44 bits per heavy atom. The predicted octanol–water partition coefficient (Wildman–Crippen LogP) is 2.78. The van der Waals surface area contributed by atoms with E-state index in [1.54, 1.807) is 0 Å². The molecule has 94 valence electrons. The lowest BCUT2D eigenvalue weighted by atomic mass is 9.93. The van der Waals surface area contributed by atoms with Gasteiger partial charge in [-0.3, -0.25) is 0 Å². The van der Waals surface area contributed by atoms with E-state index in [9.17, 15) is 0 Å². The van der Waals surface area contributed by atoms with Crippen molar-refractivity contribution in [1.82, 2.24) is 10.2 Å². The molecule has 1 atom stereocenters. The first-order valence-corrected chi connectivity index (χ1v) is 7.22. The molecule has 0 radical (unpaired) electrons. The first-order valence-electron chi connectivity index (χ1n) is 7.22. The van der Waals surface area contributed by atoms with Gasteiger partial charge in [-0.25, -0.2) is 0 Å². The third-order valence-corrected chi connectivity index (χ3v) is 4.42. The standard InChI is InChI=1S/C14H28N2/c1-12(10-11-15-13-8-9-13)16(2)14-6-4-3-5-7-14/h12-15H,3-11H2,1-2H3. The van der Waals surface area contributed by atoms with E-state index in [2.05, 4.69) is 24.2 Å². The molecule has 2 nitrogen and oxygen atoms in total. The van der Waals surface area contributed by atoms with Gasteiger partial charge in [-0.1, -0.05) is 19.3 Å². The van der Waals surface area contributed by atoms with Crippen LogP contribution in [0.15, 0.2) is 0 Å². The summed E-state index contributed by atoms with van der Waals surface area (Å²) in [7, 11) is 2.33. The van der Waals surface area contributed by atoms with Crippen LogP contribution in [-0.4, -0.2) is 36.6 Å². The zero-order valence-corrected chi connectivity index (χ0v) is 11.0. The van der Waals surface area contributed by atoms with Crippen molar-refractivity contribution in [1.29, 1.82) is 0 Å². The Kier molecular flexibility index (Phi) is 4.66. The predicted molar refractivity (Wildman–Crippen MR) is 69.7 cm³/mol. The molecule has 16 heavy (non-hydrogen) atoms. The lowest BCUT2D eigenvalue weighted by molar-refractivity contribution is 0.140. The van der Waals surface area contributed by atoms with E-state index in [0.717, 1.165) is 18.1 Å². The fourth-order valence-electron chi connectivity index (χ4n) is 2.84. The average molecular weight is 224 g/mol. The third-order valence-electron chi connectivity index (χ3n) is 4.42. The number of rotatable bonds is 6. The van der Waals surface area contributed by atoms with Gasteiger partial charge in [-0.15, -0.1) is 0 Å². The van der Waals surface area contributed by atoms with Gasteiger partial charge in [0.05, 0.1) is 0 Å². The van der Waals surface area contributed by atoms with Crippen molar-refractivity contribution in [2.24, 2.45) is 0 Å². The zero-order chi connectivity index (χ0) is 11.4. The monoisotopic (exact) mass is 224 g/mol. The van der Waals surface area contributed by atoms with Crippen LogP contribution in [0.1, 0.15) is 58.3 Å². The van der Waals surface area contributed by atoms with Crippen LogP contribution in [0.25, 0.3) is 0 Å². The summed E-state index contributed by atoms with van der Waals surface area (Å²) in [5, 5.41) is 3.62. The number of hydrogen-bond acceptors (Lipinski definition) is 2. The van der Waals surface area contributed by atoms with E-state index in [-0.39, 0.29) is 0 Å². The summed E-state index contributed by atoms with van der Waals surface area (Å²) in [6.07, 6.45) is 11.3. The van der Waals surface area contributed by atoms with Crippen LogP contribution in [-0.2, 0) is 0 Å². The molecule has 0 spiro atoms. The minimum Gasteiger partial charge on any atom is -0.314 e. The molecule has 2 fully saturated rings. The van der Waals surface area contributed by atoms with E-state index in [1.165, 1.54) is 57.9 Å². The minimum atomic E-state index is 0.745. The van der Waals surface area contributed by atoms with E-state index in [0.29, 0.717) is 0 Å². The highest BCUT2D eigenvalue weighted by Gasteiger charge is 2.23. The molecule has 2 aliphatic carbocycles. The van der Waals surface area contributed by atoms with Crippen LogP contribution in [0.3, 0.4) is 0 Å². The van der Waals surface area contributed by atoms with Crippen molar-refractivity contribution in [2.45, 2.75) is 76.4 Å². The maximum atomic E-state index is 3.62. The normalized spacial score (nSPS) is 24.9. The summed E-state index contributed by atoms with van der Waals surface area (Å²) < 4.78 is 0. The van der Waals surface area contributed by atoms with Gasteiger partial charge < -0.3 is 10.2 Å². The number of hydrogen-bond donors (Lipinski definition) is 1. The van der Waals surface area contributed by atoms with Crippen molar-refractivity contribution in [3.63, 3.8) is 0 Å². The molecule has 0 aromatic heterocycles. The Morgan fingerprint density at radius 2 is 1.81 bits per heavy atom.